The molecule has 1 aromatic heterocycles. The Bertz CT molecular complexity index is 462. The molecule has 20 heavy (non-hydrogen) atoms. The second kappa shape index (κ2) is 5.40. The molecule has 0 bridgehead atoms. The fourth-order valence-corrected chi connectivity index (χ4v) is 3.21. The van der Waals surface area contributed by atoms with Crippen LogP contribution in [-0.2, 0) is 4.79 Å². The van der Waals surface area contributed by atoms with Crippen LogP contribution in [0.15, 0.2) is 24.4 Å². The molecule has 5 heteroatoms. The molecule has 108 valence electrons. The molecule has 0 aromatic carbocycles. The molecule has 0 spiro atoms. The van der Waals surface area contributed by atoms with Crippen LogP contribution in [-0.4, -0.2) is 47.5 Å². The summed E-state index contributed by atoms with van der Waals surface area (Å²) in [4.78, 5) is 21.1. The van der Waals surface area contributed by atoms with Gasteiger partial charge in [0.15, 0.2) is 0 Å². The van der Waals surface area contributed by atoms with E-state index in [0.29, 0.717) is 0 Å². The van der Waals surface area contributed by atoms with Crippen molar-refractivity contribution >= 4 is 11.7 Å². The summed E-state index contributed by atoms with van der Waals surface area (Å²) in [5, 5.41) is 0. The number of amides is 1. The summed E-state index contributed by atoms with van der Waals surface area (Å²) in [5.41, 5.74) is 5.67. The number of nitrogens with zero attached hydrogens (tertiary/aromatic N) is 3. The van der Waals surface area contributed by atoms with Crippen molar-refractivity contribution < 1.29 is 4.79 Å². The molecule has 5 nitrogen and oxygen atoms in total. The van der Waals surface area contributed by atoms with E-state index in [4.69, 9.17) is 5.73 Å². The minimum absolute atomic E-state index is 0.149. The number of anilines is 1. The lowest BCUT2D eigenvalue weighted by atomic mass is 9.97. The number of pyridine rings is 1. The SMILES string of the molecule is NC1(C(=O)N2CCN(c3ccccn3)CC2)CCCC1. The van der Waals surface area contributed by atoms with Gasteiger partial charge in [-0.1, -0.05) is 18.9 Å². The van der Waals surface area contributed by atoms with Gasteiger partial charge in [0.1, 0.15) is 5.82 Å². The average Bonchev–Trinajstić information content (AvgIpc) is 2.96. The van der Waals surface area contributed by atoms with Crippen LogP contribution in [0.3, 0.4) is 0 Å². The molecule has 0 unspecified atom stereocenters. The predicted molar refractivity (Wildman–Crippen MR) is 78.4 cm³/mol. The monoisotopic (exact) mass is 274 g/mol. The predicted octanol–water partition coefficient (Wildman–Crippen LogP) is 1.00. The highest BCUT2D eigenvalue weighted by Gasteiger charge is 2.40. The lowest BCUT2D eigenvalue weighted by Crippen LogP contribution is -2.58. The van der Waals surface area contributed by atoms with Crippen molar-refractivity contribution in [2.24, 2.45) is 5.73 Å². The summed E-state index contributed by atoms with van der Waals surface area (Å²) < 4.78 is 0. The van der Waals surface area contributed by atoms with Crippen molar-refractivity contribution in [1.29, 1.82) is 0 Å². The first-order valence-electron chi connectivity index (χ1n) is 7.43. The largest absolute Gasteiger partial charge is 0.353 e. The molecule has 3 rings (SSSR count). The molecule has 0 radical (unpaired) electrons. The Kier molecular flexibility index (Phi) is 3.61. The highest BCUT2D eigenvalue weighted by molar-refractivity contribution is 5.86. The first-order chi connectivity index (χ1) is 9.69. The Labute approximate surface area is 119 Å². The molecule has 1 amide bonds. The van der Waals surface area contributed by atoms with Gasteiger partial charge in [-0.25, -0.2) is 4.98 Å². The summed E-state index contributed by atoms with van der Waals surface area (Å²) in [6, 6.07) is 5.92. The van der Waals surface area contributed by atoms with Crippen molar-refractivity contribution in [2.75, 3.05) is 31.1 Å². The summed E-state index contributed by atoms with van der Waals surface area (Å²) in [6.45, 7) is 3.15. The van der Waals surface area contributed by atoms with Crippen LogP contribution in [0.4, 0.5) is 5.82 Å². The number of aromatic nitrogens is 1. The summed E-state index contributed by atoms with van der Waals surface area (Å²) >= 11 is 0. The molecule has 2 N–H and O–H groups in total. The van der Waals surface area contributed by atoms with Crippen molar-refractivity contribution in [2.45, 2.75) is 31.2 Å². The van der Waals surface area contributed by atoms with Crippen LogP contribution in [0.2, 0.25) is 0 Å². The maximum absolute atomic E-state index is 12.5. The van der Waals surface area contributed by atoms with Gasteiger partial charge in [-0.05, 0) is 25.0 Å². The summed E-state index contributed by atoms with van der Waals surface area (Å²) in [7, 11) is 0. The van der Waals surface area contributed by atoms with E-state index < -0.39 is 5.54 Å². The highest BCUT2D eigenvalue weighted by Crippen LogP contribution is 2.29. The van der Waals surface area contributed by atoms with Crippen LogP contribution in [0, 0.1) is 0 Å². The third-order valence-corrected chi connectivity index (χ3v) is 4.46. The third kappa shape index (κ3) is 2.50. The van der Waals surface area contributed by atoms with Crippen molar-refractivity contribution in [3.63, 3.8) is 0 Å². The zero-order chi connectivity index (χ0) is 14.0. The van der Waals surface area contributed by atoms with Gasteiger partial charge in [-0.15, -0.1) is 0 Å². The fraction of sp³-hybridized carbons (Fsp3) is 0.600. The Morgan fingerprint density at radius 2 is 1.85 bits per heavy atom. The van der Waals surface area contributed by atoms with E-state index in [1.807, 2.05) is 23.1 Å². The highest BCUT2D eigenvalue weighted by atomic mass is 16.2. The van der Waals surface area contributed by atoms with Crippen LogP contribution >= 0.6 is 0 Å². The topological polar surface area (TPSA) is 62.5 Å². The second-order valence-electron chi connectivity index (χ2n) is 5.83. The van der Waals surface area contributed by atoms with E-state index >= 15 is 0 Å². The van der Waals surface area contributed by atoms with Gasteiger partial charge in [0.05, 0.1) is 5.54 Å². The number of hydrogen-bond acceptors (Lipinski definition) is 4. The molecule has 2 fully saturated rings. The van der Waals surface area contributed by atoms with Gasteiger partial charge in [0, 0.05) is 32.4 Å². The molecule has 1 saturated heterocycles. The number of rotatable bonds is 2. The normalized spacial score (nSPS) is 22.1. The number of carbonyl (C=O) groups excluding carboxylic acids is 1. The van der Waals surface area contributed by atoms with Crippen LogP contribution in [0.25, 0.3) is 0 Å². The molecule has 2 aliphatic rings. The van der Waals surface area contributed by atoms with Gasteiger partial charge >= 0.3 is 0 Å². The van der Waals surface area contributed by atoms with E-state index in [-0.39, 0.29) is 5.91 Å². The minimum Gasteiger partial charge on any atom is -0.353 e. The number of carbonyl (C=O) groups is 1. The smallest absolute Gasteiger partial charge is 0.242 e. The second-order valence-corrected chi connectivity index (χ2v) is 5.83. The fourth-order valence-electron chi connectivity index (χ4n) is 3.21. The van der Waals surface area contributed by atoms with Crippen molar-refractivity contribution in [1.82, 2.24) is 9.88 Å². The van der Waals surface area contributed by atoms with Crippen molar-refractivity contribution in [3.8, 4) is 0 Å². The van der Waals surface area contributed by atoms with Crippen molar-refractivity contribution in [3.05, 3.63) is 24.4 Å². The Morgan fingerprint density at radius 3 is 2.45 bits per heavy atom. The van der Waals surface area contributed by atoms with Crippen LogP contribution in [0.1, 0.15) is 25.7 Å². The van der Waals surface area contributed by atoms with Gasteiger partial charge in [-0.3, -0.25) is 4.79 Å². The lowest BCUT2D eigenvalue weighted by molar-refractivity contribution is -0.137. The van der Waals surface area contributed by atoms with Crippen LogP contribution in [0.5, 0.6) is 0 Å². The van der Waals surface area contributed by atoms with Gasteiger partial charge in [0.2, 0.25) is 5.91 Å². The number of nitrogens with two attached hydrogens (primary N) is 1. The van der Waals surface area contributed by atoms with Gasteiger partial charge < -0.3 is 15.5 Å². The first-order valence-corrected chi connectivity index (χ1v) is 7.43. The Morgan fingerprint density at radius 1 is 1.15 bits per heavy atom. The van der Waals surface area contributed by atoms with Crippen LogP contribution < -0.4 is 10.6 Å². The van der Waals surface area contributed by atoms with Gasteiger partial charge in [-0.2, -0.15) is 0 Å². The molecular weight excluding hydrogens is 252 g/mol. The van der Waals surface area contributed by atoms with E-state index in [1.165, 1.54) is 0 Å². The quantitative estimate of drug-likeness (QED) is 0.874. The average molecular weight is 274 g/mol. The van der Waals surface area contributed by atoms with E-state index in [9.17, 15) is 4.79 Å². The molecule has 0 atom stereocenters. The molecule has 1 aromatic rings. The summed E-state index contributed by atoms with van der Waals surface area (Å²) in [6.07, 6.45) is 5.64. The standard InChI is InChI=1S/C15H22N4O/c16-15(6-2-3-7-15)14(20)19-11-9-18(10-12-19)13-5-1-4-8-17-13/h1,4-5,8H,2-3,6-7,9-12,16H2. The molecule has 1 aliphatic heterocycles. The molecule has 1 saturated carbocycles. The van der Waals surface area contributed by atoms with Gasteiger partial charge in [0.25, 0.3) is 0 Å². The molecular formula is C15H22N4O. The zero-order valence-electron chi connectivity index (χ0n) is 11.8. The maximum atomic E-state index is 12.5. The first kappa shape index (κ1) is 13.4. The minimum atomic E-state index is -0.590. The molecule has 1 aliphatic carbocycles. The van der Waals surface area contributed by atoms with E-state index in [1.54, 1.807) is 6.20 Å². The third-order valence-electron chi connectivity index (χ3n) is 4.46. The van der Waals surface area contributed by atoms with E-state index in [0.717, 1.165) is 57.7 Å². The lowest BCUT2D eigenvalue weighted by Gasteiger charge is -2.38. The zero-order valence-corrected chi connectivity index (χ0v) is 11.8. The van der Waals surface area contributed by atoms with E-state index in [2.05, 4.69) is 9.88 Å². The Balaban J connectivity index is 1.60. The molecule has 2 heterocycles. The number of hydrogen-bond donors (Lipinski definition) is 1. The Hall–Kier alpha value is -1.62. The summed E-state index contributed by atoms with van der Waals surface area (Å²) in [5.74, 6) is 1.14. The maximum Gasteiger partial charge on any atom is 0.242 e. The number of piperazine rings is 1.